The quantitative estimate of drug-likeness (QED) is 0.386. The van der Waals surface area contributed by atoms with Gasteiger partial charge >= 0.3 is 18.0 Å². The van der Waals surface area contributed by atoms with Crippen molar-refractivity contribution in [3.05, 3.63) is 0 Å². The molecule has 3 atom stereocenters. The number of esters is 1. The Labute approximate surface area is 185 Å². The van der Waals surface area contributed by atoms with Gasteiger partial charge in [-0.05, 0) is 80.1 Å². The molecule has 0 bridgehead atoms. The minimum atomic E-state index is -1.14. The predicted molar refractivity (Wildman–Crippen MR) is 114 cm³/mol. The summed E-state index contributed by atoms with van der Waals surface area (Å²) in [6, 6.07) is -1.14. The molecule has 0 aromatic rings. The molecule has 2 N–H and O–H groups in total. The summed E-state index contributed by atoms with van der Waals surface area (Å²) >= 11 is 0. The number of carbonyl (C=O) groups excluding carboxylic acids is 2. The zero-order valence-corrected chi connectivity index (χ0v) is 19.7. The highest BCUT2D eigenvalue weighted by molar-refractivity contribution is 5.82. The molecule has 1 aliphatic rings. The molecule has 31 heavy (non-hydrogen) atoms. The second-order valence-corrected chi connectivity index (χ2v) is 9.81. The molecular formula is C22H39NO8. The van der Waals surface area contributed by atoms with Crippen molar-refractivity contribution in [3.8, 4) is 0 Å². The molecule has 0 radical (unpaired) electrons. The van der Waals surface area contributed by atoms with E-state index in [1.807, 2.05) is 0 Å². The van der Waals surface area contributed by atoms with Crippen molar-refractivity contribution in [2.45, 2.75) is 104 Å². The van der Waals surface area contributed by atoms with Gasteiger partial charge in [0.2, 0.25) is 0 Å². The van der Waals surface area contributed by atoms with Gasteiger partial charge in [0.15, 0.2) is 6.29 Å². The van der Waals surface area contributed by atoms with E-state index in [0.717, 1.165) is 19.3 Å². The second kappa shape index (κ2) is 12.2. The third kappa shape index (κ3) is 12.5. The van der Waals surface area contributed by atoms with Gasteiger partial charge in [-0.3, -0.25) is 4.79 Å². The van der Waals surface area contributed by atoms with Crippen LogP contribution in [0.2, 0.25) is 0 Å². The van der Waals surface area contributed by atoms with Crippen LogP contribution in [-0.2, 0) is 28.5 Å². The number of carbonyl (C=O) groups is 3. The van der Waals surface area contributed by atoms with Crippen LogP contribution in [0.3, 0.4) is 0 Å². The van der Waals surface area contributed by atoms with E-state index in [0.29, 0.717) is 19.6 Å². The topological polar surface area (TPSA) is 120 Å². The number of hydrogen-bond acceptors (Lipinski definition) is 7. The normalized spacial score (nSPS) is 19.2. The molecule has 0 aliphatic carbocycles. The average molecular weight is 446 g/mol. The first-order chi connectivity index (χ1) is 14.3. The van der Waals surface area contributed by atoms with Crippen LogP contribution in [0.4, 0.5) is 4.79 Å². The third-order valence-electron chi connectivity index (χ3n) is 4.39. The summed E-state index contributed by atoms with van der Waals surface area (Å²) in [5, 5.41) is 12.1. The van der Waals surface area contributed by atoms with Crippen LogP contribution in [0.1, 0.15) is 80.1 Å². The Morgan fingerprint density at radius 2 is 1.71 bits per heavy atom. The van der Waals surface area contributed by atoms with Crippen LogP contribution < -0.4 is 5.32 Å². The molecule has 1 heterocycles. The minimum absolute atomic E-state index is 0.108. The van der Waals surface area contributed by atoms with Crippen LogP contribution in [0, 0.1) is 5.92 Å². The van der Waals surface area contributed by atoms with Gasteiger partial charge < -0.3 is 29.4 Å². The zero-order chi connectivity index (χ0) is 23.7. The van der Waals surface area contributed by atoms with E-state index in [9.17, 15) is 19.5 Å². The smallest absolute Gasteiger partial charge is 0.408 e. The number of ether oxygens (including phenoxy) is 4. The summed E-state index contributed by atoms with van der Waals surface area (Å²) in [6.07, 6.45) is 2.55. The molecule has 1 amide bonds. The molecule has 180 valence electrons. The van der Waals surface area contributed by atoms with Crippen molar-refractivity contribution in [3.63, 3.8) is 0 Å². The van der Waals surface area contributed by atoms with Crippen LogP contribution in [0.15, 0.2) is 0 Å². The third-order valence-corrected chi connectivity index (χ3v) is 4.39. The van der Waals surface area contributed by atoms with Gasteiger partial charge in [0.1, 0.15) is 17.2 Å². The molecule has 3 unspecified atom stereocenters. The number of alkyl carbamates (subject to hydrolysis) is 1. The minimum Gasteiger partial charge on any atom is -0.481 e. The van der Waals surface area contributed by atoms with E-state index in [2.05, 4.69) is 5.32 Å². The van der Waals surface area contributed by atoms with Crippen molar-refractivity contribution in [2.75, 3.05) is 13.2 Å². The van der Waals surface area contributed by atoms with Crippen molar-refractivity contribution >= 4 is 18.0 Å². The fraction of sp³-hybridized carbons (Fsp3) is 0.864. The fourth-order valence-electron chi connectivity index (χ4n) is 3.05. The van der Waals surface area contributed by atoms with Crippen LogP contribution in [-0.4, -0.2) is 59.9 Å². The molecule has 0 spiro atoms. The number of amides is 1. The molecule has 1 rings (SSSR count). The standard InChI is InChI=1S/C22H39NO8/c1-21(2,3)30-19(26)16(23-20(27)31-22(4,5)6)14-15(18(24)25)10-9-13-29-17-11-7-8-12-28-17/h15-17H,7-14H2,1-6H3,(H,23,27)(H,24,25). The molecule has 9 heteroatoms. The zero-order valence-electron chi connectivity index (χ0n) is 19.7. The lowest BCUT2D eigenvalue weighted by molar-refractivity contribution is -0.163. The molecule has 1 aliphatic heterocycles. The van der Waals surface area contributed by atoms with Gasteiger partial charge in [-0.2, -0.15) is 0 Å². The van der Waals surface area contributed by atoms with Crippen LogP contribution in [0.5, 0.6) is 0 Å². The highest BCUT2D eigenvalue weighted by atomic mass is 16.7. The summed E-state index contributed by atoms with van der Waals surface area (Å²) < 4.78 is 21.7. The Morgan fingerprint density at radius 3 is 2.23 bits per heavy atom. The van der Waals surface area contributed by atoms with E-state index in [4.69, 9.17) is 18.9 Å². The summed E-state index contributed by atoms with van der Waals surface area (Å²) in [5.41, 5.74) is -1.54. The first-order valence-corrected chi connectivity index (χ1v) is 11.0. The van der Waals surface area contributed by atoms with E-state index >= 15 is 0 Å². The summed E-state index contributed by atoms with van der Waals surface area (Å²) in [4.78, 5) is 36.6. The number of aliphatic carboxylic acids is 1. The Morgan fingerprint density at radius 1 is 1.06 bits per heavy atom. The summed E-state index contributed by atoms with van der Waals surface area (Å²) in [5.74, 6) is -2.60. The van der Waals surface area contributed by atoms with Crippen LogP contribution in [0.25, 0.3) is 0 Å². The predicted octanol–water partition coefficient (Wildman–Crippen LogP) is 3.64. The maximum absolute atomic E-state index is 12.6. The Kier molecular flexibility index (Phi) is 10.7. The van der Waals surface area contributed by atoms with E-state index < -0.39 is 41.2 Å². The number of carboxylic acid groups (broad SMARTS) is 1. The van der Waals surface area contributed by atoms with Crippen molar-refractivity contribution in [2.24, 2.45) is 5.92 Å². The number of carboxylic acids is 1. The van der Waals surface area contributed by atoms with Gasteiger partial charge in [0.05, 0.1) is 5.92 Å². The Hall–Kier alpha value is -1.87. The molecule has 0 saturated carbocycles. The molecule has 0 aromatic heterocycles. The maximum atomic E-state index is 12.6. The molecule has 0 aromatic carbocycles. The van der Waals surface area contributed by atoms with E-state index in [-0.39, 0.29) is 19.1 Å². The lowest BCUT2D eigenvalue weighted by atomic mass is 9.95. The Bertz CT molecular complexity index is 587. The largest absolute Gasteiger partial charge is 0.481 e. The number of rotatable bonds is 10. The first-order valence-electron chi connectivity index (χ1n) is 11.0. The van der Waals surface area contributed by atoms with Crippen molar-refractivity contribution in [1.82, 2.24) is 5.32 Å². The first kappa shape index (κ1) is 27.2. The molecule has 1 saturated heterocycles. The summed E-state index contributed by atoms with van der Waals surface area (Å²) in [6.45, 7) is 11.3. The highest BCUT2D eigenvalue weighted by Crippen LogP contribution is 2.20. The molecular weight excluding hydrogens is 406 g/mol. The summed E-state index contributed by atoms with van der Waals surface area (Å²) in [7, 11) is 0. The van der Waals surface area contributed by atoms with Gasteiger partial charge in [0.25, 0.3) is 0 Å². The number of hydrogen-bond donors (Lipinski definition) is 2. The van der Waals surface area contributed by atoms with Gasteiger partial charge in [-0.1, -0.05) is 0 Å². The second-order valence-electron chi connectivity index (χ2n) is 9.81. The molecule has 9 nitrogen and oxygen atoms in total. The van der Waals surface area contributed by atoms with Gasteiger partial charge in [-0.15, -0.1) is 0 Å². The average Bonchev–Trinajstić information content (AvgIpc) is 2.61. The monoisotopic (exact) mass is 445 g/mol. The maximum Gasteiger partial charge on any atom is 0.408 e. The van der Waals surface area contributed by atoms with Gasteiger partial charge in [0, 0.05) is 13.2 Å². The van der Waals surface area contributed by atoms with Crippen molar-refractivity contribution in [1.29, 1.82) is 0 Å². The fourth-order valence-corrected chi connectivity index (χ4v) is 3.05. The lowest BCUT2D eigenvalue weighted by Crippen LogP contribution is -2.47. The number of nitrogens with one attached hydrogen (secondary N) is 1. The van der Waals surface area contributed by atoms with Gasteiger partial charge in [-0.25, -0.2) is 9.59 Å². The Balaban J connectivity index is 2.70. The van der Waals surface area contributed by atoms with E-state index in [1.165, 1.54) is 0 Å². The highest BCUT2D eigenvalue weighted by Gasteiger charge is 2.33. The lowest BCUT2D eigenvalue weighted by Gasteiger charge is -2.27. The molecule has 1 fully saturated rings. The van der Waals surface area contributed by atoms with Crippen molar-refractivity contribution < 1.29 is 38.4 Å². The SMILES string of the molecule is CC(C)(C)OC(=O)NC(CC(CCCOC1CCCCO1)C(=O)O)C(=O)OC(C)(C)C. The van der Waals surface area contributed by atoms with Crippen LogP contribution >= 0.6 is 0 Å². The van der Waals surface area contributed by atoms with E-state index in [1.54, 1.807) is 41.5 Å².